The first-order chi connectivity index (χ1) is 11.0. The second kappa shape index (κ2) is 5.71. The molecule has 2 aromatic carbocycles. The number of nitriles is 1. The molecular weight excluding hydrogens is 335 g/mol. The normalized spacial score (nSPS) is 20.3. The molecule has 2 N–H and O–H groups in total. The molecule has 0 fully saturated rings. The number of carbonyl (C=O) groups is 1. The molecule has 114 valence electrons. The molecule has 23 heavy (non-hydrogen) atoms. The van der Waals surface area contributed by atoms with E-state index >= 15 is 0 Å². The summed E-state index contributed by atoms with van der Waals surface area (Å²) < 4.78 is 0. The van der Waals surface area contributed by atoms with E-state index in [0.29, 0.717) is 10.6 Å². The van der Waals surface area contributed by atoms with Crippen LogP contribution in [0.15, 0.2) is 54.1 Å². The highest BCUT2D eigenvalue weighted by Crippen LogP contribution is 2.44. The standard InChI is InChI=1S/C17H10Cl2N2O2/c18-13-7-3-1-5-10(13)15-11(9-20)16(22)21-17(15,23)12-6-2-4-8-14(12)19/h1-8,23H,(H,21,22)/t17-/m1/s1. The van der Waals surface area contributed by atoms with Gasteiger partial charge in [0.2, 0.25) is 0 Å². The number of benzene rings is 2. The molecule has 1 aliphatic rings. The Morgan fingerprint density at radius 1 is 1.04 bits per heavy atom. The van der Waals surface area contributed by atoms with Gasteiger partial charge in [0, 0.05) is 26.7 Å². The largest absolute Gasteiger partial charge is 0.363 e. The van der Waals surface area contributed by atoms with E-state index in [2.05, 4.69) is 5.32 Å². The summed E-state index contributed by atoms with van der Waals surface area (Å²) in [4.78, 5) is 12.2. The highest BCUT2D eigenvalue weighted by molar-refractivity contribution is 6.33. The molecule has 0 radical (unpaired) electrons. The van der Waals surface area contributed by atoms with Crippen LogP contribution in [0.2, 0.25) is 10.0 Å². The first kappa shape index (κ1) is 15.6. The van der Waals surface area contributed by atoms with Gasteiger partial charge in [0.1, 0.15) is 11.6 Å². The molecule has 0 saturated carbocycles. The predicted molar refractivity (Wildman–Crippen MR) is 87.5 cm³/mol. The van der Waals surface area contributed by atoms with Gasteiger partial charge in [0.25, 0.3) is 5.91 Å². The van der Waals surface area contributed by atoms with Crippen LogP contribution in [-0.4, -0.2) is 11.0 Å². The van der Waals surface area contributed by atoms with E-state index in [1.54, 1.807) is 48.5 Å². The number of nitrogens with one attached hydrogen (secondary N) is 1. The van der Waals surface area contributed by atoms with E-state index in [1.165, 1.54) is 0 Å². The second-order valence-electron chi connectivity index (χ2n) is 4.99. The van der Waals surface area contributed by atoms with Crippen molar-refractivity contribution in [1.29, 1.82) is 5.26 Å². The lowest BCUT2D eigenvalue weighted by atomic mass is 9.89. The summed E-state index contributed by atoms with van der Waals surface area (Å²) in [5.74, 6) is -0.676. The van der Waals surface area contributed by atoms with Crippen LogP contribution >= 0.6 is 23.2 Å². The molecule has 1 aliphatic heterocycles. The van der Waals surface area contributed by atoms with E-state index in [1.807, 2.05) is 6.07 Å². The number of hydrogen-bond donors (Lipinski definition) is 2. The maximum absolute atomic E-state index is 12.2. The monoisotopic (exact) mass is 344 g/mol. The van der Waals surface area contributed by atoms with Crippen LogP contribution in [0.4, 0.5) is 0 Å². The number of halogens is 2. The molecule has 1 heterocycles. The second-order valence-corrected chi connectivity index (χ2v) is 5.80. The molecule has 3 rings (SSSR count). The molecule has 1 atom stereocenters. The Bertz CT molecular complexity index is 886. The van der Waals surface area contributed by atoms with Gasteiger partial charge in [-0.2, -0.15) is 5.26 Å². The smallest absolute Gasteiger partial charge is 0.265 e. The molecule has 0 bridgehead atoms. The van der Waals surface area contributed by atoms with Crippen molar-refractivity contribution >= 4 is 34.7 Å². The van der Waals surface area contributed by atoms with Gasteiger partial charge in [0.15, 0.2) is 5.72 Å². The third-order valence-corrected chi connectivity index (χ3v) is 4.31. The number of amides is 1. The molecule has 0 aliphatic carbocycles. The Labute approximate surface area is 142 Å². The Kier molecular flexibility index (Phi) is 3.87. The first-order valence-corrected chi connectivity index (χ1v) is 7.44. The van der Waals surface area contributed by atoms with Gasteiger partial charge in [-0.05, 0) is 12.1 Å². The summed E-state index contributed by atoms with van der Waals surface area (Å²) >= 11 is 12.4. The van der Waals surface area contributed by atoms with Crippen molar-refractivity contribution in [2.45, 2.75) is 5.72 Å². The van der Waals surface area contributed by atoms with Crippen molar-refractivity contribution in [1.82, 2.24) is 5.32 Å². The SMILES string of the molecule is N#CC1=C(c2ccccc2Cl)[C@](O)(c2ccccc2Cl)NC1=O. The minimum atomic E-state index is -1.93. The first-order valence-electron chi connectivity index (χ1n) is 6.68. The van der Waals surface area contributed by atoms with Crippen molar-refractivity contribution in [3.8, 4) is 6.07 Å². The molecule has 0 aromatic heterocycles. The Balaban J connectivity index is 2.33. The van der Waals surface area contributed by atoms with Crippen LogP contribution in [0.5, 0.6) is 0 Å². The zero-order chi connectivity index (χ0) is 16.6. The van der Waals surface area contributed by atoms with Gasteiger partial charge in [-0.1, -0.05) is 59.6 Å². The lowest BCUT2D eigenvalue weighted by molar-refractivity contribution is -0.120. The maximum atomic E-state index is 12.2. The summed E-state index contributed by atoms with van der Waals surface area (Å²) in [7, 11) is 0. The maximum Gasteiger partial charge on any atom is 0.265 e. The Morgan fingerprint density at radius 3 is 2.26 bits per heavy atom. The minimum Gasteiger partial charge on any atom is -0.363 e. The number of carbonyl (C=O) groups excluding carboxylic acids is 1. The van der Waals surface area contributed by atoms with Gasteiger partial charge in [0.05, 0.1) is 0 Å². The summed E-state index contributed by atoms with van der Waals surface area (Å²) in [6.45, 7) is 0. The zero-order valence-electron chi connectivity index (χ0n) is 11.7. The van der Waals surface area contributed by atoms with Gasteiger partial charge < -0.3 is 10.4 Å². The molecule has 0 unspecified atom stereocenters. The van der Waals surface area contributed by atoms with Crippen molar-refractivity contribution in [3.63, 3.8) is 0 Å². The molecule has 2 aromatic rings. The molecule has 4 nitrogen and oxygen atoms in total. The van der Waals surface area contributed by atoms with Gasteiger partial charge in [-0.15, -0.1) is 0 Å². The van der Waals surface area contributed by atoms with E-state index in [4.69, 9.17) is 23.2 Å². The third-order valence-electron chi connectivity index (χ3n) is 3.65. The number of nitrogens with zero attached hydrogens (tertiary/aromatic N) is 1. The van der Waals surface area contributed by atoms with Gasteiger partial charge >= 0.3 is 0 Å². The topological polar surface area (TPSA) is 73.1 Å². The lowest BCUT2D eigenvalue weighted by Crippen LogP contribution is -2.41. The van der Waals surface area contributed by atoms with Crippen molar-refractivity contribution in [2.24, 2.45) is 0 Å². The third kappa shape index (κ3) is 2.40. The fourth-order valence-electron chi connectivity index (χ4n) is 2.64. The summed E-state index contributed by atoms with van der Waals surface area (Å²) in [5, 5.41) is 23.5. The lowest BCUT2D eigenvalue weighted by Gasteiger charge is -2.28. The van der Waals surface area contributed by atoms with E-state index in [0.717, 1.165) is 0 Å². The van der Waals surface area contributed by atoms with E-state index < -0.39 is 11.6 Å². The van der Waals surface area contributed by atoms with Crippen LogP contribution in [0.3, 0.4) is 0 Å². The number of aliphatic hydroxyl groups is 1. The van der Waals surface area contributed by atoms with Crippen molar-refractivity contribution in [2.75, 3.05) is 0 Å². The average Bonchev–Trinajstić information content (AvgIpc) is 2.79. The van der Waals surface area contributed by atoms with Crippen molar-refractivity contribution < 1.29 is 9.90 Å². The van der Waals surface area contributed by atoms with Gasteiger partial charge in [-0.3, -0.25) is 4.79 Å². The zero-order valence-corrected chi connectivity index (χ0v) is 13.2. The Morgan fingerprint density at radius 2 is 1.65 bits per heavy atom. The number of rotatable bonds is 2. The summed E-state index contributed by atoms with van der Waals surface area (Å²) in [5.41, 5.74) is -1.35. The molecule has 0 saturated heterocycles. The fraction of sp³-hybridized carbons (Fsp3) is 0.0588. The summed E-state index contributed by atoms with van der Waals surface area (Å²) in [6.07, 6.45) is 0. The van der Waals surface area contributed by atoms with Crippen LogP contribution in [-0.2, 0) is 10.5 Å². The van der Waals surface area contributed by atoms with Crippen LogP contribution in [0, 0.1) is 11.3 Å². The van der Waals surface area contributed by atoms with Crippen LogP contribution in [0.1, 0.15) is 11.1 Å². The number of hydrogen-bond acceptors (Lipinski definition) is 3. The van der Waals surface area contributed by atoms with E-state index in [-0.39, 0.29) is 21.7 Å². The highest BCUT2D eigenvalue weighted by atomic mass is 35.5. The average molecular weight is 345 g/mol. The molecular formula is C17H10Cl2N2O2. The predicted octanol–water partition coefficient (Wildman–Crippen LogP) is 3.25. The molecule has 0 spiro atoms. The minimum absolute atomic E-state index is 0.101. The van der Waals surface area contributed by atoms with Gasteiger partial charge in [-0.25, -0.2) is 0 Å². The quantitative estimate of drug-likeness (QED) is 0.878. The van der Waals surface area contributed by atoms with Crippen molar-refractivity contribution in [3.05, 3.63) is 75.3 Å². The highest BCUT2D eigenvalue weighted by Gasteiger charge is 2.47. The fourth-order valence-corrected chi connectivity index (χ4v) is 3.14. The van der Waals surface area contributed by atoms with Crippen LogP contribution in [0.25, 0.3) is 5.57 Å². The molecule has 1 amide bonds. The Hall–Kier alpha value is -2.32. The van der Waals surface area contributed by atoms with Crippen LogP contribution < -0.4 is 5.32 Å². The molecule has 6 heteroatoms. The van der Waals surface area contributed by atoms with E-state index in [9.17, 15) is 15.2 Å². The summed E-state index contributed by atoms with van der Waals surface area (Å²) in [6, 6.07) is 15.1.